The average molecular weight is 408 g/mol. The van der Waals surface area contributed by atoms with Crippen LogP contribution in [-0.4, -0.2) is 44.2 Å². The summed E-state index contributed by atoms with van der Waals surface area (Å²) < 4.78 is 10.8. The van der Waals surface area contributed by atoms with Gasteiger partial charge in [0.2, 0.25) is 0 Å². The molecule has 0 bridgehead atoms. The van der Waals surface area contributed by atoms with Crippen LogP contribution in [0.5, 0.6) is 11.5 Å². The van der Waals surface area contributed by atoms with Gasteiger partial charge in [-0.25, -0.2) is 0 Å². The lowest BCUT2D eigenvalue weighted by molar-refractivity contribution is -0.120. The number of nitrogens with zero attached hydrogens (tertiary/aromatic N) is 1. The molecule has 158 valence electrons. The molecule has 0 saturated heterocycles. The smallest absolute Gasteiger partial charge is 0.251 e. The molecule has 0 fully saturated rings. The molecule has 0 aliphatic carbocycles. The fourth-order valence-electron chi connectivity index (χ4n) is 3.65. The van der Waals surface area contributed by atoms with Gasteiger partial charge in [0.25, 0.3) is 5.91 Å². The van der Waals surface area contributed by atoms with E-state index < -0.39 is 6.04 Å². The van der Waals surface area contributed by atoms with Crippen LogP contribution in [-0.2, 0) is 11.2 Å². The number of nitrogens with one attached hydrogen (secondary N) is 1. The molecule has 1 amide bonds. The van der Waals surface area contributed by atoms with E-state index in [1.165, 1.54) is 0 Å². The van der Waals surface area contributed by atoms with Gasteiger partial charge in [0, 0.05) is 23.4 Å². The highest BCUT2D eigenvalue weighted by Gasteiger charge is 2.28. The normalized spacial score (nSPS) is 13.8. The summed E-state index contributed by atoms with van der Waals surface area (Å²) in [5.41, 5.74) is 3.25. The van der Waals surface area contributed by atoms with Gasteiger partial charge in [0.15, 0.2) is 17.3 Å². The van der Waals surface area contributed by atoms with Crippen LogP contribution in [0.1, 0.15) is 41.8 Å². The molecule has 2 aromatic carbocycles. The van der Waals surface area contributed by atoms with E-state index in [1.807, 2.05) is 32.0 Å². The number of ether oxygens (including phenoxy) is 2. The summed E-state index contributed by atoms with van der Waals surface area (Å²) >= 11 is 0. The number of methoxy groups -OCH3 is 2. The zero-order chi connectivity index (χ0) is 21.7. The molecule has 6 nitrogen and oxygen atoms in total. The van der Waals surface area contributed by atoms with Crippen molar-refractivity contribution in [3.05, 3.63) is 59.2 Å². The Morgan fingerprint density at radius 3 is 2.37 bits per heavy atom. The third-order valence-electron chi connectivity index (χ3n) is 5.28. The molecule has 1 aliphatic rings. The van der Waals surface area contributed by atoms with Crippen molar-refractivity contribution < 1.29 is 19.1 Å². The average Bonchev–Trinajstić information content (AvgIpc) is 2.76. The van der Waals surface area contributed by atoms with E-state index in [1.54, 1.807) is 38.5 Å². The quantitative estimate of drug-likeness (QED) is 0.726. The maximum absolute atomic E-state index is 13.2. The summed E-state index contributed by atoms with van der Waals surface area (Å²) in [5.74, 6) is 0.921. The molecular formula is C24H28N2O4. The monoisotopic (exact) mass is 408 g/mol. The van der Waals surface area contributed by atoms with Gasteiger partial charge in [-0.2, -0.15) is 0 Å². The maximum atomic E-state index is 13.2. The van der Waals surface area contributed by atoms with Crippen LogP contribution < -0.4 is 14.8 Å². The SMILES string of the molecule is COc1cc2c(cc1OC)C(CC(=O)[C@H](NC(=O)c1ccccc1)C(C)C)=NCC2. The minimum absolute atomic E-state index is 0.0424. The number of amides is 1. The molecule has 2 aromatic rings. The van der Waals surface area contributed by atoms with Crippen LogP contribution >= 0.6 is 0 Å². The largest absolute Gasteiger partial charge is 0.493 e. The Kier molecular flexibility index (Phi) is 6.87. The van der Waals surface area contributed by atoms with E-state index in [0.717, 1.165) is 23.3 Å². The molecular weight excluding hydrogens is 380 g/mol. The minimum Gasteiger partial charge on any atom is -0.493 e. The van der Waals surface area contributed by atoms with Crippen molar-refractivity contribution in [2.45, 2.75) is 32.7 Å². The first-order valence-electron chi connectivity index (χ1n) is 10.1. The molecule has 0 aromatic heterocycles. The van der Waals surface area contributed by atoms with Crippen LogP contribution in [0.2, 0.25) is 0 Å². The number of rotatable bonds is 8. The topological polar surface area (TPSA) is 77.0 Å². The third-order valence-corrected chi connectivity index (χ3v) is 5.28. The summed E-state index contributed by atoms with van der Waals surface area (Å²) in [6.07, 6.45) is 0.937. The summed E-state index contributed by atoms with van der Waals surface area (Å²) in [4.78, 5) is 30.3. The summed E-state index contributed by atoms with van der Waals surface area (Å²) in [6.45, 7) is 4.48. The van der Waals surface area contributed by atoms with E-state index in [-0.39, 0.29) is 24.0 Å². The fraction of sp³-hybridized carbons (Fsp3) is 0.375. The second kappa shape index (κ2) is 9.57. The van der Waals surface area contributed by atoms with Gasteiger partial charge in [-0.15, -0.1) is 0 Å². The van der Waals surface area contributed by atoms with Gasteiger partial charge in [-0.1, -0.05) is 32.0 Å². The number of benzene rings is 2. The molecule has 0 radical (unpaired) electrons. The van der Waals surface area contributed by atoms with Crippen LogP contribution in [0.3, 0.4) is 0 Å². The third kappa shape index (κ3) is 4.70. The zero-order valence-electron chi connectivity index (χ0n) is 17.9. The number of Topliss-reactive ketones (excluding diaryl/α,β-unsaturated/α-hetero) is 1. The lowest BCUT2D eigenvalue weighted by atomic mass is 9.90. The molecule has 1 atom stereocenters. The highest BCUT2D eigenvalue weighted by molar-refractivity contribution is 6.14. The maximum Gasteiger partial charge on any atom is 0.251 e. The number of hydrogen-bond acceptors (Lipinski definition) is 5. The summed E-state index contributed by atoms with van der Waals surface area (Å²) in [7, 11) is 3.19. The van der Waals surface area contributed by atoms with Gasteiger partial charge < -0.3 is 14.8 Å². The predicted octanol–water partition coefficient (Wildman–Crippen LogP) is 3.46. The molecule has 0 unspecified atom stereocenters. The van der Waals surface area contributed by atoms with E-state index in [4.69, 9.17) is 9.47 Å². The van der Waals surface area contributed by atoms with Gasteiger partial charge in [0.05, 0.1) is 26.7 Å². The molecule has 0 saturated carbocycles. The molecule has 1 N–H and O–H groups in total. The molecule has 1 aliphatic heterocycles. The molecule has 1 heterocycles. The Bertz CT molecular complexity index is 951. The van der Waals surface area contributed by atoms with E-state index in [2.05, 4.69) is 10.3 Å². The number of hydrogen-bond donors (Lipinski definition) is 1. The van der Waals surface area contributed by atoms with Crippen molar-refractivity contribution in [2.24, 2.45) is 10.9 Å². The lowest BCUT2D eigenvalue weighted by Gasteiger charge is -2.24. The standard InChI is InChI=1S/C24H28N2O4/c1-15(2)23(26-24(28)16-8-6-5-7-9-16)20(27)14-19-18-13-22(30-4)21(29-3)12-17(18)10-11-25-19/h5-9,12-13,15,23H,10-11,14H2,1-4H3,(H,26,28)/t23-/m1/s1. The van der Waals surface area contributed by atoms with Gasteiger partial charge in [0.1, 0.15) is 0 Å². The van der Waals surface area contributed by atoms with Crippen molar-refractivity contribution in [3.8, 4) is 11.5 Å². The molecule has 30 heavy (non-hydrogen) atoms. The van der Waals surface area contributed by atoms with Crippen molar-refractivity contribution >= 4 is 17.4 Å². The molecule has 0 spiro atoms. The highest BCUT2D eigenvalue weighted by Crippen LogP contribution is 2.33. The molecule has 3 rings (SSSR count). The summed E-state index contributed by atoms with van der Waals surface area (Å²) in [5, 5.41) is 2.90. The number of carbonyl (C=O) groups is 2. The first kappa shape index (κ1) is 21.6. The number of aliphatic imine (C=N–C) groups is 1. The van der Waals surface area contributed by atoms with Gasteiger partial charge in [-0.05, 0) is 42.2 Å². The van der Waals surface area contributed by atoms with Gasteiger partial charge in [-0.3, -0.25) is 14.6 Å². The van der Waals surface area contributed by atoms with Crippen LogP contribution in [0.25, 0.3) is 0 Å². The number of fused-ring (bicyclic) bond motifs is 1. The van der Waals surface area contributed by atoms with Crippen molar-refractivity contribution in [3.63, 3.8) is 0 Å². The number of ketones is 1. The van der Waals surface area contributed by atoms with Crippen LogP contribution in [0, 0.1) is 5.92 Å². The summed E-state index contributed by atoms with van der Waals surface area (Å²) in [6, 6.07) is 12.2. The van der Waals surface area contributed by atoms with E-state index >= 15 is 0 Å². The van der Waals surface area contributed by atoms with Crippen molar-refractivity contribution in [1.82, 2.24) is 5.32 Å². The lowest BCUT2D eigenvalue weighted by Crippen LogP contribution is -2.45. The first-order valence-corrected chi connectivity index (χ1v) is 10.1. The fourth-order valence-corrected chi connectivity index (χ4v) is 3.65. The minimum atomic E-state index is -0.592. The molecule has 6 heteroatoms. The Morgan fingerprint density at radius 2 is 1.73 bits per heavy atom. The zero-order valence-corrected chi connectivity index (χ0v) is 17.9. The van der Waals surface area contributed by atoms with Crippen LogP contribution in [0.4, 0.5) is 0 Å². The van der Waals surface area contributed by atoms with Crippen molar-refractivity contribution in [1.29, 1.82) is 0 Å². The number of carbonyl (C=O) groups excluding carboxylic acids is 2. The second-order valence-electron chi connectivity index (χ2n) is 7.65. The Balaban J connectivity index is 1.80. The second-order valence-corrected chi connectivity index (χ2v) is 7.65. The van der Waals surface area contributed by atoms with E-state index in [9.17, 15) is 9.59 Å². The van der Waals surface area contributed by atoms with Crippen molar-refractivity contribution in [2.75, 3.05) is 20.8 Å². The Hall–Kier alpha value is -3.15. The van der Waals surface area contributed by atoms with E-state index in [0.29, 0.717) is 23.6 Å². The Morgan fingerprint density at radius 1 is 1.07 bits per heavy atom. The highest BCUT2D eigenvalue weighted by atomic mass is 16.5. The van der Waals surface area contributed by atoms with Crippen LogP contribution in [0.15, 0.2) is 47.5 Å². The Labute approximate surface area is 177 Å². The van der Waals surface area contributed by atoms with Gasteiger partial charge >= 0.3 is 0 Å². The first-order chi connectivity index (χ1) is 14.4. The predicted molar refractivity (Wildman–Crippen MR) is 117 cm³/mol.